The number of hydrogen-bond acceptors (Lipinski definition) is 5. The van der Waals surface area contributed by atoms with E-state index in [4.69, 9.17) is 21.1 Å². The molecule has 0 spiro atoms. The number of ether oxygens (including phenoxy) is 2. The average molecular weight is 298 g/mol. The van der Waals surface area contributed by atoms with Crippen LogP contribution in [-0.2, 0) is 9.47 Å². The Bertz CT molecular complexity index is 462. The monoisotopic (exact) mass is 297 g/mol. The fourth-order valence-electron chi connectivity index (χ4n) is 2.25. The van der Waals surface area contributed by atoms with Gasteiger partial charge in [0.1, 0.15) is 16.8 Å². The van der Waals surface area contributed by atoms with Gasteiger partial charge in [0, 0.05) is 24.6 Å². The van der Waals surface area contributed by atoms with Crippen molar-refractivity contribution in [3.8, 4) is 0 Å². The van der Waals surface area contributed by atoms with Crippen LogP contribution < -0.4 is 5.32 Å². The van der Waals surface area contributed by atoms with Crippen LogP contribution in [0.15, 0.2) is 6.07 Å². The second-order valence-corrected chi connectivity index (χ2v) is 5.96. The number of nitrogens with zero attached hydrogens (tertiary/aromatic N) is 2. The molecule has 3 rings (SSSR count). The first kappa shape index (κ1) is 14.0. The van der Waals surface area contributed by atoms with Gasteiger partial charge in [0.15, 0.2) is 0 Å². The van der Waals surface area contributed by atoms with Gasteiger partial charge in [0.25, 0.3) is 0 Å². The second-order valence-electron chi connectivity index (χ2n) is 5.57. The minimum Gasteiger partial charge on any atom is -0.379 e. The van der Waals surface area contributed by atoms with Crippen molar-refractivity contribution in [2.75, 3.05) is 25.1 Å². The first-order chi connectivity index (χ1) is 9.70. The maximum Gasteiger partial charge on any atom is 0.135 e. The van der Waals surface area contributed by atoms with Gasteiger partial charge in [-0.3, -0.25) is 0 Å². The van der Waals surface area contributed by atoms with Crippen molar-refractivity contribution in [3.05, 3.63) is 17.0 Å². The Hall–Kier alpha value is -0.910. The van der Waals surface area contributed by atoms with Gasteiger partial charge in [0.2, 0.25) is 0 Å². The predicted octanol–water partition coefficient (Wildman–Crippen LogP) is 2.61. The van der Waals surface area contributed by atoms with E-state index in [-0.39, 0.29) is 12.1 Å². The molecular weight excluding hydrogens is 278 g/mol. The summed E-state index contributed by atoms with van der Waals surface area (Å²) in [6.45, 7) is 4.22. The molecular formula is C14H20ClN3O2. The van der Waals surface area contributed by atoms with Crippen molar-refractivity contribution in [1.29, 1.82) is 0 Å². The summed E-state index contributed by atoms with van der Waals surface area (Å²) in [5.41, 5.74) is 0. The van der Waals surface area contributed by atoms with E-state index in [1.807, 2.05) is 0 Å². The third-order valence-corrected chi connectivity index (χ3v) is 3.71. The van der Waals surface area contributed by atoms with E-state index in [2.05, 4.69) is 22.2 Å². The molecule has 1 aliphatic carbocycles. The van der Waals surface area contributed by atoms with Crippen LogP contribution in [0.5, 0.6) is 0 Å². The van der Waals surface area contributed by atoms with E-state index >= 15 is 0 Å². The minimum absolute atomic E-state index is 0.175. The Morgan fingerprint density at radius 3 is 3.00 bits per heavy atom. The van der Waals surface area contributed by atoms with Crippen LogP contribution in [0.3, 0.4) is 0 Å². The molecule has 1 aromatic heterocycles. The van der Waals surface area contributed by atoms with Crippen LogP contribution in [0, 0.1) is 0 Å². The molecule has 1 aliphatic heterocycles. The third-order valence-electron chi connectivity index (χ3n) is 3.52. The highest BCUT2D eigenvalue weighted by atomic mass is 35.5. The fourth-order valence-corrected chi connectivity index (χ4v) is 2.44. The van der Waals surface area contributed by atoms with E-state index in [1.165, 1.54) is 12.8 Å². The molecule has 2 aliphatic rings. The standard InChI is InChI=1S/C14H20ClN3O2/c1-9(7-20-11-4-5-19-8-11)16-13-6-12(15)17-14(18-13)10-2-3-10/h6,9-11H,2-5,7-8H2,1H3,(H,16,17,18). The summed E-state index contributed by atoms with van der Waals surface area (Å²) in [5.74, 6) is 2.14. The largest absolute Gasteiger partial charge is 0.379 e. The topological polar surface area (TPSA) is 56.3 Å². The van der Waals surface area contributed by atoms with Gasteiger partial charge in [-0.25, -0.2) is 9.97 Å². The molecule has 1 N–H and O–H groups in total. The van der Waals surface area contributed by atoms with Gasteiger partial charge >= 0.3 is 0 Å². The fraction of sp³-hybridized carbons (Fsp3) is 0.714. The maximum atomic E-state index is 6.05. The maximum absolute atomic E-state index is 6.05. The first-order valence-electron chi connectivity index (χ1n) is 7.21. The van der Waals surface area contributed by atoms with Crippen molar-refractivity contribution < 1.29 is 9.47 Å². The number of anilines is 1. The Morgan fingerprint density at radius 1 is 1.45 bits per heavy atom. The summed E-state index contributed by atoms with van der Waals surface area (Å²) in [5, 5.41) is 3.83. The summed E-state index contributed by atoms with van der Waals surface area (Å²) in [6, 6.07) is 1.94. The van der Waals surface area contributed by atoms with Crippen molar-refractivity contribution in [1.82, 2.24) is 9.97 Å². The number of nitrogens with one attached hydrogen (secondary N) is 1. The molecule has 5 nitrogen and oxygen atoms in total. The molecule has 0 amide bonds. The molecule has 1 saturated heterocycles. The molecule has 2 fully saturated rings. The van der Waals surface area contributed by atoms with Crippen molar-refractivity contribution >= 4 is 17.4 Å². The molecule has 2 heterocycles. The van der Waals surface area contributed by atoms with Gasteiger partial charge in [-0.2, -0.15) is 0 Å². The minimum atomic E-state index is 0.175. The van der Waals surface area contributed by atoms with Crippen molar-refractivity contribution in [3.63, 3.8) is 0 Å². The van der Waals surface area contributed by atoms with Gasteiger partial charge in [-0.1, -0.05) is 11.6 Å². The number of rotatable bonds is 6. The van der Waals surface area contributed by atoms with E-state index in [0.717, 1.165) is 24.7 Å². The van der Waals surface area contributed by atoms with Crippen LogP contribution in [0.1, 0.15) is 37.9 Å². The van der Waals surface area contributed by atoms with Crippen LogP contribution in [0.4, 0.5) is 5.82 Å². The first-order valence-corrected chi connectivity index (χ1v) is 7.59. The quantitative estimate of drug-likeness (QED) is 0.818. The Balaban J connectivity index is 1.53. The van der Waals surface area contributed by atoms with Crippen LogP contribution in [-0.4, -0.2) is 41.9 Å². The summed E-state index contributed by atoms with van der Waals surface area (Å²) < 4.78 is 11.1. The predicted molar refractivity (Wildman–Crippen MR) is 77.3 cm³/mol. The molecule has 1 aromatic rings. The molecule has 0 aromatic carbocycles. The number of hydrogen-bond donors (Lipinski definition) is 1. The smallest absolute Gasteiger partial charge is 0.135 e. The Labute approximate surface area is 124 Å². The molecule has 2 unspecified atom stereocenters. The van der Waals surface area contributed by atoms with Gasteiger partial charge in [-0.15, -0.1) is 0 Å². The van der Waals surface area contributed by atoms with Crippen LogP contribution in [0.2, 0.25) is 5.15 Å². The van der Waals surface area contributed by atoms with Crippen LogP contribution >= 0.6 is 11.6 Å². The van der Waals surface area contributed by atoms with E-state index in [0.29, 0.717) is 24.3 Å². The Morgan fingerprint density at radius 2 is 2.30 bits per heavy atom. The van der Waals surface area contributed by atoms with E-state index < -0.39 is 0 Å². The van der Waals surface area contributed by atoms with Crippen molar-refractivity contribution in [2.45, 2.75) is 44.2 Å². The summed E-state index contributed by atoms with van der Waals surface area (Å²) in [6.07, 6.45) is 3.55. The lowest BCUT2D eigenvalue weighted by Crippen LogP contribution is -2.26. The molecule has 6 heteroatoms. The van der Waals surface area contributed by atoms with Gasteiger partial charge < -0.3 is 14.8 Å². The van der Waals surface area contributed by atoms with Crippen LogP contribution in [0.25, 0.3) is 0 Å². The normalized spacial score (nSPS) is 23.8. The molecule has 1 saturated carbocycles. The summed E-state index contributed by atoms with van der Waals surface area (Å²) in [7, 11) is 0. The highest BCUT2D eigenvalue weighted by Gasteiger charge is 2.27. The second kappa shape index (κ2) is 6.24. The molecule has 0 bridgehead atoms. The molecule has 20 heavy (non-hydrogen) atoms. The highest BCUT2D eigenvalue weighted by Crippen LogP contribution is 2.38. The zero-order valence-corrected chi connectivity index (χ0v) is 12.4. The van der Waals surface area contributed by atoms with Crippen molar-refractivity contribution in [2.24, 2.45) is 0 Å². The zero-order valence-electron chi connectivity index (χ0n) is 11.6. The number of halogens is 1. The Kier molecular flexibility index (Phi) is 4.38. The SMILES string of the molecule is CC(COC1CCOC1)Nc1cc(Cl)nc(C2CC2)n1. The lowest BCUT2D eigenvalue weighted by Gasteiger charge is -2.17. The van der Waals surface area contributed by atoms with E-state index in [9.17, 15) is 0 Å². The highest BCUT2D eigenvalue weighted by molar-refractivity contribution is 6.29. The molecule has 110 valence electrons. The molecule has 0 radical (unpaired) electrons. The molecule has 2 atom stereocenters. The lowest BCUT2D eigenvalue weighted by atomic mass is 10.3. The average Bonchev–Trinajstić information content (AvgIpc) is 3.13. The summed E-state index contributed by atoms with van der Waals surface area (Å²) in [4.78, 5) is 8.81. The van der Waals surface area contributed by atoms with E-state index in [1.54, 1.807) is 6.07 Å². The zero-order chi connectivity index (χ0) is 13.9. The van der Waals surface area contributed by atoms with Gasteiger partial charge in [0.05, 0.1) is 19.3 Å². The number of aromatic nitrogens is 2. The summed E-state index contributed by atoms with van der Waals surface area (Å²) >= 11 is 6.05. The van der Waals surface area contributed by atoms with Gasteiger partial charge in [-0.05, 0) is 26.2 Å². The lowest BCUT2D eigenvalue weighted by molar-refractivity contribution is 0.0395. The third kappa shape index (κ3) is 3.81.